The molecule has 9 aromatic carbocycles. The minimum Gasteiger partial charge on any atom is -0.247 e. The van der Waals surface area contributed by atoms with Crippen LogP contribution in [0.5, 0.6) is 0 Å². The first kappa shape index (κ1) is 36.0. The lowest BCUT2D eigenvalue weighted by Gasteiger charge is -2.33. The summed E-state index contributed by atoms with van der Waals surface area (Å²) < 4.78 is 5.25. The SMILES string of the molecule is C1=CC2=C(CC1)C1(c3ccccc32)c2ccccc2-c2c1ccc1c2c(-c2cc(-c3cccc4c3sc3ccccc34)cc(-c3cccc4c3sc3ccccc34)c2)nc2ccccc21. The van der Waals surface area contributed by atoms with Crippen LogP contribution in [0.3, 0.4) is 0 Å². The van der Waals surface area contributed by atoms with Gasteiger partial charge in [0.25, 0.3) is 0 Å². The highest BCUT2D eigenvalue weighted by molar-refractivity contribution is 7.26. The van der Waals surface area contributed by atoms with Crippen LogP contribution < -0.4 is 0 Å². The number of allylic oxidation sites excluding steroid dienone is 4. The van der Waals surface area contributed by atoms with Gasteiger partial charge >= 0.3 is 0 Å². The maximum Gasteiger partial charge on any atom is 0.0794 e. The molecule has 1 atom stereocenters. The third kappa shape index (κ3) is 4.79. The third-order valence-electron chi connectivity index (χ3n) is 14.8. The Hall–Kier alpha value is -7.43. The zero-order chi connectivity index (χ0) is 42.4. The van der Waals surface area contributed by atoms with E-state index < -0.39 is 0 Å². The Labute approximate surface area is 383 Å². The van der Waals surface area contributed by atoms with Crippen molar-refractivity contribution in [3.8, 4) is 44.6 Å². The van der Waals surface area contributed by atoms with E-state index in [1.807, 2.05) is 22.7 Å². The number of thiophene rings is 2. The largest absolute Gasteiger partial charge is 0.247 e. The first-order chi connectivity index (χ1) is 32.2. The van der Waals surface area contributed by atoms with Gasteiger partial charge < -0.3 is 0 Å². The number of hydrogen-bond acceptors (Lipinski definition) is 3. The van der Waals surface area contributed by atoms with Gasteiger partial charge in [-0.2, -0.15) is 0 Å². The van der Waals surface area contributed by atoms with E-state index in [1.165, 1.54) is 123 Å². The van der Waals surface area contributed by atoms with E-state index in [0.717, 1.165) is 29.6 Å². The van der Waals surface area contributed by atoms with Gasteiger partial charge in [-0.05, 0) is 121 Å². The van der Waals surface area contributed by atoms with E-state index in [4.69, 9.17) is 4.98 Å². The smallest absolute Gasteiger partial charge is 0.0794 e. The molecule has 15 rings (SSSR count). The average Bonchev–Trinajstić information content (AvgIpc) is 4.11. The van der Waals surface area contributed by atoms with Crippen molar-refractivity contribution in [1.82, 2.24) is 4.98 Å². The molecular weight excluding hydrogens is 823 g/mol. The first-order valence-electron chi connectivity index (χ1n) is 22.7. The summed E-state index contributed by atoms with van der Waals surface area (Å²) in [4.78, 5) is 5.81. The number of fused-ring (bicyclic) bond motifs is 19. The molecule has 1 unspecified atom stereocenters. The summed E-state index contributed by atoms with van der Waals surface area (Å²) in [6.07, 6.45) is 6.85. The minimum atomic E-state index is -0.375. The number of pyridine rings is 1. The topological polar surface area (TPSA) is 12.9 Å². The molecule has 0 fully saturated rings. The normalized spacial score (nSPS) is 16.1. The van der Waals surface area contributed by atoms with Crippen molar-refractivity contribution in [3.63, 3.8) is 0 Å². The van der Waals surface area contributed by atoms with Gasteiger partial charge in [0.2, 0.25) is 0 Å². The van der Waals surface area contributed by atoms with E-state index in [1.54, 1.807) is 0 Å². The Morgan fingerprint density at radius 3 is 1.69 bits per heavy atom. The van der Waals surface area contributed by atoms with Crippen molar-refractivity contribution >= 4 is 90.3 Å². The second-order valence-corrected chi connectivity index (χ2v) is 20.0. The molecule has 0 saturated carbocycles. The maximum atomic E-state index is 5.81. The molecule has 0 amide bonds. The van der Waals surface area contributed by atoms with E-state index in [2.05, 4.69) is 200 Å². The number of rotatable bonds is 3. The molecule has 1 nitrogen and oxygen atoms in total. The summed E-state index contributed by atoms with van der Waals surface area (Å²) in [5.74, 6) is 0. The van der Waals surface area contributed by atoms with Crippen molar-refractivity contribution in [3.05, 3.63) is 228 Å². The van der Waals surface area contributed by atoms with Gasteiger partial charge in [-0.15, -0.1) is 22.7 Å². The van der Waals surface area contributed by atoms with Gasteiger partial charge in [-0.3, -0.25) is 0 Å². The fourth-order valence-electron chi connectivity index (χ4n) is 12.2. The molecule has 302 valence electrons. The summed E-state index contributed by atoms with van der Waals surface area (Å²) in [5.41, 5.74) is 18.8. The molecule has 65 heavy (non-hydrogen) atoms. The lowest BCUT2D eigenvalue weighted by atomic mass is 9.68. The third-order valence-corrected chi connectivity index (χ3v) is 17.2. The highest BCUT2D eigenvalue weighted by Gasteiger charge is 2.53. The van der Waals surface area contributed by atoms with Crippen LogP contribution in [0.1, 0.15) is 35.1 Å². The van der Waals surface area contributed by atoms with Gasteiger partial charge in [0.15, 0.2) is 0 Å². The highest BCUT2D eigenvalue weighted by Crippen LogP contribution is 2.65. The van der Waals surface area contributed by atoms with Crippen LogP contribution in [0.2, 0.25) is 0 Å². The minimum absolute atomic E-state index is 0.375. The van der Waals surface area contributed by atoms with E-state index >= 15 is 0 Å². The lowest BCUT2D eigenvalue weighted by Crippen LogP contribution is -2.27. The Morgan fingerprint density at radius 1 is 0.431 bits per heavy atom. The fourth-order valence-corrected chi connectivity index (χ4v) is 14.7. The molecule has 3 heteroatoms. The van der Waals surface area contributed by atoms with Crippen LogP contribution in [0.4, 0.5) is 0 Å². The van der Waals surface area contributed by atoms with Crippen LogP contribution in [0.25, 0.3) is 112 Å². The summed E-state index contributed by atoms with van der Waals surface area (Å²) in [6.45, 7) is 0. The fraction of sp³-hybridized carbons (Fsp3) is 0.0484. The number of para-hydroxylation sites is 1. The Morgan fingerprint density at radius 2 is 0.985 bits per heavy atom. The number of benzene rings is 9. The molecule has 3 aliphatic carbocycles. The second-order valence-electron chi connectivity index (χ2n) is 17.9. The Kier molecular flexibility index (Phi) is 7.36. The van der Waals surface area contributed by atoms with Crippen molar-refractivity contribution < 1.29 is 0 Å². The van der Waals surface area contributed by atoms with Crippen molar-refractivity contribution in [2.75, 3.05) is 0 Å². The summed E-state index contributed by atoms with van der Waals surface area (Å²) in [7, 11) is 0. The molecule has 3 heterocycles. The standard InChI is InChI=1S/C62H37NS2/c1-7-25-50-41(15-1)42-16-2-8-26-51(42)62(50)52-27-9-3-20-49(52)57-53(62)32-31-46-43-17-4-10-28-54(43)63-59(58(46)57)38-34-36(39-21-13-23-47-44-18-5-11-29-55(44)64-60(39)47)33-37(35-38)40-22-14-24-48-45-19-6-12-30-56(45)65-61(40)48/h1-7,9-25,27-35H,8,26H2. The summed E-state index contributed by atoms with van der Waals surface area (Å²) in [5, 5.41) is 8.88. The predicted octanol–water partition coefficient (Wildman–Crippen LogP) is 17.6. The Bertz CT molecular complexity index is 4010. The average molecular weight is 860 g/mol. The van der Waals surface area contributed by atoms with E-state index in [-0.39, 0.29) is 5.41 Å². The predicted molar refractivity (Wildman–Crippen MR) is 278 cm³/mol. The number of hydrogen-bond donors (Lipinski definition) is 0. The van der Waals surface area contributed by atoms with Crippen LogP contribution in [0, 0.1) is 0 Å². The van der Waals surface area contributed by atoms with E-state index in [0.29, 0.717) is 0 Å². The van der Waals surface area contributed by atoms with Gasteiger partial charge in [0.05, 0.1) is 16.6 Å². The second kappa shape index (κ2) is 13.3. The molecule has 1 spiro atoms. The zero-order valence-electron chi connectivity index (χ0n) is 35.2. The van der Waals surface area contributed by atoms with E-state index in [9.17, 15) is 0 Å². The van der Waals surface area contributed by atoms with Crippen LogP contribution >= 0.6 is 22.7 Å². The van der Waals surface area contributed by atoms with Crippen LogP contribution in [-0.4, -0.2) is 4.98 Å². The van der Waals surface area contributed by atoms with Gasteiger partial charge in [-0.1, -0.05) is 164 Å². The molecule has 0 bridgehead atoms. The summed E-state index contributed by atoms with van der Waals surface area (Å²) in [6, 6.07) is 70.9. The Balaban J connectivity index is 1.09. The van der Waals surface area contributed by atoms with Gasteiger partial charge in [0.1, 0.15) is 0 Å². The van der Waals surface area contributed by atoms with Crippen molar-refractivity contribution in [2.24, 2.45) is 0 Å². The zero-order valence-corrected chi connectivity index (χ0v) is 36.9. The molecular formula is C62H37NS2. The van der Waals surface area contributed by atoms with Crippen molar-refractivity contribution in [2.45, 2.75) is 18.3 Å². The lowest BCUT2D eigenvalue weighted by molar-refractivity contribution is 0.714. The molecule has 0 aliphatic heterocycles. The molecule has 3 aliphatic rings. The summed E-state index contributed by atoms with van der Waals surface area (Å²) >= 11 is 3.79. The monoisotopic (exact) mass is 859 g/mol. The number of nitrogens with zero attached hydrogens (tertiary/aromatic N) is 1. The van der Waals surface area contributed by atoms with Gasteiger partial charge in [0, 0.05) is 56.7 Å². The maximum absolute atomic E-state index is 5.81. The van der Waals surface area contributed by atoms with Gasteiger partial charge in [-0.25, -0.2) is 4.98 Å². The molecule has 0 N–H and O–H groups in total. The van der Waals surface area contributed by atoms with Crippen LogP contribution in [-0.2, 0) is 5.41 Å². The quantitative estimate of drug-likeness (QED) is 0.161. The van der Waals surface area contributed by atoms with Crippen molar-refractivity contribution in [1.29, 1.82) is 0 Å². The number of aromatic nitrogens is 1. The highest BCUT2D eigenvalue weighted by atomic mass is 32.1. The van der Waals surface area contributed by atoms with Crippen LogP contribution in [0.15, 0.2) is 206 Å². The first-order valence-corrected chi connectivity index (χ1v) is 24.3. The molecule has 12 aromatic rings. The molecule has 3 aromatic heterocycles. The molecule has 0 radical (unpaired) electrons. The molecule has 0 saturated heterocycles.